The highest BCUT2D eigenvalue weighted by Crippen LogP contribution is 2.25. The Morgan fingerprint density at radius 1 is 1.42 bits per heavy atom. The molecule has 1 aromatic rings. The predicted molar refractivity (Wildman–Crippen MR) is 56.4 cm³/mol. The van der Waals surface area contributed by atoms with E-state index in [1.165, 1.54) is 5.69 Å². The van der Waals surface area contributed by atoms with Crippen LogP contribution in [-0.2, 0) is 6.54 Å². The Hall–Kier alpha value is -0.540. The van der Waals surface area contributed by atoms with Gasteiger partial charge in [-0.1, -0.05) is 22.0 Å². The van der Waals surface area contributed by atoms with E-state index in [0.29, 0.717) is 6.54 Å². The Balaban J connectivity index is 3.18. The van der Waals surface area contributed by atoms with Crippen molar-refractivity contribution in [1.82, 2.24) is 0 Å². The molecule has 2 N–H and O–H groups in total. The molecule has 1 rings (SSSR count). The van der Waals surface area contributed by atoms with Crippen molar-refractivity contribution >= 4 is 21.6 Å². The molecule has 0 spiro atoms. The lowest BCUT2D eigenvalue weighted by molar-refractivity contribution is 1.02. The van der Waals surface area contributed by atoms with Crippen molar-refractivity contribution in [1.29, 1.82) is 0 Å². The van der Waals surface area contributed by atoms with Gasteiger partial charge >= 0.3 is 0 Å². The summed E-state index contributed by atoms with van der Waals surface area (Å²) in [6.45, 7) is 0.564. The Morgan fingerprint density at radius 3 is 2.50 bits per heavy atom. The molecule has 12 heavy (non-hydrogen) atoms. The molecular weight excluding hydrogens is 216 g/mol. The number of hydrogen-bond donors (Lipinski definition) is 1. The zero-order valence-electron chi connectivity index (χ0n) is 7.34. The van der Waals surface area contributed by atoms with Crippen molar-refractivity contribution in [3.8, 4) is 0 Å². The summed E-state index contributed by atoms with van der Waals surface area (Å²) >= 11 is 3.47. The minimum Gasteiger partial charge on any atom is -0.377 e. The Morgan fingerprint density at radius 2 is 2.08 bits per heavy atom. The first-order valence-corrected chi connectivity index (χ1v) is 4.61. The summed E-state index contributed by atoms with van der Waals surface area (Å²) in [6, 6.07) is 6.08. The topological polar surface area (TPSA) is 29.3 Å². The first kappa shape index (κ1) is 9.55. The van der Waals surface area contributed by atoms with Crippen LogP contribution in [0.3, 0.4) is 0 Å². The van der Waals surface area contributed by atoms with Gasteiger partial charge in [-0.15, -0.1) is 0 Å². The van der Waals surface area contributed by atoms with Crippen LogP contribution in [0.4, 0.5) is 5.69 Å². The van der Waals surface area contributed by atoms with Gasteiger partial charge in [0, 0.05) is 36.4 Å². The van der Waals surface area contributed by atoms with E-state index in [9.17, 15) is 0 Å². The van der Waals surface area contributed by atoms with E-state index < -0.39 is 0 Å². The minimum atomic E-state index is 0.564. The number of hydrogen-bond acceptors (Lipinski definition) is 2. The van der Waals surface area contributed by atoms with Crippen LogP contribution in [0.25, 0.3) is 0 Å². The lowest BCUT2D eigenvalue weighted by Gasteiger charge is -2.17. The third kappa shape index (κ3) is 1.79. The van der Waals surface area contributed by atoms with Crippen LogP contribution in [0.5, 0.6) is 0 Å². The maximum absolute atomic E-state index is 5.63. The molecule has 0 saturated carbocycles. The summed E-state index contributed by atoms with van der Waals surface area (Å²) in [6.07, 6.45) is 0. The molecule has 0 fully saturated rings. The van der Waals surface area contributed by atoms with Gasteiger partial charge in [-0.2, -0.15) is 0 Å². The monoisotopic (exact) mass is 228 g/mol. The predicted octanol–water partition coefficient (Wildman–Crippen LogP) is 1.97. The molecule has 0 aliphatic rings. The van der Waals surface area contributed by atoms with Gasteiger partial charge in [-0.05, 0) is 12.1 Å². The summed E-state index contributed by atoms with van der Waals surface area (Å²) in [5, 5.41) is 0. The maximum atomic E-state index is 5.63. The van der Waals surface area contributed by atoms with Crippen LogP contribution in [0, 0.1) is 0 Å². The molecule has 1 aromatic carbocycles. The van der Waals surface area contributed by atoms with Crippen LogP contribution in [0.2, 0.25) is 0 Å². The van der Waals surface area contributed by atoms with E-state index >= 15 is 0 Å². The molecule has 0 aliphatic heterocycles. The second-order valence-electron chi connectivity index (χ2n) is 2.84. The fourth-order valence-corrected chi connectivity index (χ4v) is 1.69. The Labute approximate surface area is 81.5 Å². The molecule has 0 bridgehead atoms. The maximum Gasteiger partial charge on any atom is 0.0417 e. The normalized spacial score (nSPS) is 10.0. The number of benzene rings is 1. The summed E-state index contributed by atoms with van der Waals surface area (Å²) in [4.78, 5) is 2.06. The fourth-order valence-electron chi connectivity index (χ4n) is 1.17. The molecule has 3 heteroatoms. The molecule has 0 saturated heterocycles. The zero-order valence-corrected chi connectivity index (χ0v) is 8.93. The number of nitrogens with two attached hydrogens (primary N) is 1. The standard InChI is InChI=1S/C9H13BrN2/c1-12(2)9-5-3-4-8(10)7(9)6-11/h3-5H,6,11H2,1-2H3. The van der Waals surface area contributed by atoms with E-state index in [-0.39, 0.29) is 0 Å². The van der Waals surface area contributed by atoms with Crippen molar-refractivity contribution in [2.75, 3.05) is 19.0 Å². The third-order valence-corrected chi connectivity index (χ3v) is 2.52. The van der Waals surface area contributed by atoms with Gasteiger partial charge in [0.05, 0.1) is 0 Å². The average molecular weight is 229 g/mol. The molecule has 0 heterocycles. The molecule has 0 unspecified atom stereocenters. The largest absolute Gasteiger partial charge is 0.377 e. The molecular formula is C9H13BrN2. The lowest BCUT2D eigenvalue weighted by Crippen LogP contribution is -2.13. The van der Waals surface area contributed by atoms with Crippen molar-refractivity contribution < 1.29 is 0 Å². The second kappa shape index (κ2) is 3.92. The summed E-state index contributed by atoms with van der Waals surface area (Å²) in [7, 11) is 4.03. The average Bonchev–Trinajstić information content (AvgIpc) is 2.03. The summed E-state index contributed by atoms with van der Waals surface area (Å²) < 4.78 is 1.08. The van der Waals surface area contributed by atoms with E-state index in [4.69, 9.17) is 5.73 Å². The van der Waals surface area contributed by atoms with Crippen LogP contribution in [0.1, 0.15) is 5.56 Å². The Bertz CT molecular complexity index is 271. The second-order valence-corrected chi connectivity index (χ2v) is 3.69. The molecule has 2 nitrogen and oxygen atoms in total. The van der Waals surface area contributed by atoms with Gasteiger partial charge in [0.2, 0.25) is 0 Å². The minimum absolute atomic E-state index is 0.564. The van der Waals surface area contributed by atoms with Gasteiger partial charge in [-0.3, -0.25) is 0 Å². The van der Waals surface area contributed by atoms with Crippen molar-refractivity contribution in [3.63, 3.8) is 0 Å². The number of halogens is 1. The van der Waals surface area contributed by atoms with Crippen molar-refractivity contribution in [2.45, 2.75) is 6.54 Å². The number of nitrogens with zero attached hydrogens (tertiary/aromatic N) is 1. The highest BCUT2D eigenvalue weighted by molar-refractivity contribution is 9.10. The van der Waals surface area contributed by atoms with Crippen molar-refractivity contribution in [3.05, 3.63) is 28.2 Å². The number of anilines is 1. The first-order valence-electron chi connectivity index (χ1n) is 3.81. The molecule has 0 amide bonds. The fraction of sp³-hybridized carbons (Fsp3) is 0.333. The van der Waals surface area contributed by atoms with Gasteiger partial charge < -0.3 is 10.6 Å². The van der Waals surface area contributed by atoms with Gasteiger partial charge in [0.15, 0.2) is 0 Å². The molecule has 0 atom stereocenters. The quantitative estimate of drug-likeness (QED) is 0.840. The lowest BCUT2D eigenvalue weighted by atomic mass is 10.1. The van der Waals surface area contributed by atoms with E-state index in [1.54, 1.807) is 0 Å². The van der Waals surface area contributed by atoms with Crippen LogP contribution in [0.15, 0.2) is 22.7 Å². The molecule has 66 valence electrons. The third-order valence-electron chi connectivity index (χ3n) is 1.78. The van der Waals surface area contributed by atoms with Gasteiger partial charge in [0.1, 0.15) is 0 Å². The van der Waals surface area contributed by atoms with Gasteiger partial charge in [0.25, 0.3) is 0 Å². The first-order chi connectivity index (χ1) is 5.66. The summed E-state index contributed by atoms with van der Waals surface area (Å²) in [5.41, 5.74) is 7.96. The zero-order chi connectivity index (χ0) is 9.14. The van der Waals surface area contributed by atoms with E-state index in [1.807, 2.05) is 26.2 Å². The van der Waals surface area contributed by atoms with Crippen molar-refractivity contribution in [2.24, 2.45) is 5.73 Å². The summed E-state index contributed by atoms with van der Waals surface area (Å²) in [5.74, 6) is 0. The van der Waals surface area contributed by atoms with Crippen LogP contribution in [-0.4, -0.2) is 14.1 Å². The van der Waals surface area contributed by atoms with E-state index in [2.05, 4.69) is 26.9 Å². The SMILES string of the molecule is CN(C)c1cccc(Br)c1CN. The van der Waals surface area contributed by atoms with Gasteiger partial charge in [-0.25, -0.2) is 0 Å². The Kier molecular flexibility index (Phi) is 3.12. The highest BCUT2D eigenvalue weighted by Gasteiger charge is 2.05. The molecule has 0 radical (unpaired) electrons. The van der Waals surface area contributed by atoms with Crippen LogP contribution >= 0.6 is 15.9 Å². The van der Waals surface area contributed by atoms with Crippen LogP contribution < -0.4 is 10.6 Å². The number of rotatable bonds is 2. The highest BCUT2D eigenvalue weighted by atomic mass is 79.9. The molecule has 0 aromatic heterocycles. The molecule has 0 aliphatic carbocycles. The smallest absolute Gasteiger partial charge is 0.0417 e. The van der Waals surface area contributed by atoms with E-state index in [0.717, 1.165) is 10.0 Å².